The lowest BCUT2D eigenvalue weighted by Gasteiger charge is -2.40. The zero-order valence-corrected chi connectivity index (χ0v) is 10.8. The van der Waals surface area contributed by atoms with E-state index in [1.165, 1.54) is 0 Å². The van der Waals surface area contributed by atoms with Crippen molar-refractivity contribution < 1.29 is 0 Å². The van der Waals surface area contributed by atoms with Crippen molar-refractivity contribution in [1.82, 2.24) is 0 Å². The van der Waals surface area contributed by atoms with Gasteiger partial charge in [0.25, 0.3) is 0 Å². The maximum Gasteiger partial charge on any atom is -0.0314 e. The average Bonchev–Trinajstić information content (AvgIpc) is 1.82. The minimum atomic E-state index is 0.442. The van der Waals surface area contributed by atoms with E-state index in [2.05, 4.69) is 55.4 Å². The molecule has 2 unspecified atom stereocenters. The summed E-state index contributed by atoms with van der Waals surface area (Å²) in [5, 5.41) is 0. The van der Waals surface area contributed by atoms with Crippen LogP contribution in [0.4, 0.5) is 0 Å². The largest absolute Gasteiger partial charge is 0.0625 e. The molecule has 0 rings (SSSR count). The highest BCUT2D eigenvalue weighted by molar-refractivity contribution is 4.82. The van der Waals surface area contributed by atoms with Gasteiger partial charge in [-0.1, -0.05) is 55.4 Å². The van der Waals surface area contributed by atoms with Crippen LogP contribution < -0.4 is 0 Å². The third-order valence-corrected chi connectivity index (χ3v) is 3.34. The average molecular weight is 184 g/mol. The van der Waals surface area contributed by atoms with Crippen LogP contribution in [0.15, 0.2) is 0 Å². The lowest BCUT2D eigenvalue weighted by atomic mass is 9.65. The summed E-state index contributed by atoms with van der Waals surface area (Å²) in [6.45, 7) is 18.9. The van der Waals surface area contributed by atoms with Gasteiger partial charge in [-0.05, 0) is 29.1 Å². The molecule has 0 saturated heterocycles. The molecule has 0 N–H and O–H groups in total. The van der Waals surface area contributed by atoms with E-state index in [9.17, 15) is 0 Å². The van der Waals surface area contributed by atoms with Crippen LogP contribution in [0.3, 0.4) is 0 Å². The molecule has 0 bridgehead atoms. The van der Waals surface area contributed by atoms with E-state index in [-0.39, 0.29) is 0 Å². The SMILES string of the molecule is CC(C)C(C)C(C(C)C)C(C)(C)C. The van der Waals surface area contributed by atoms with Crippen molar-refractivity contribution in [2.75, 3.05) is 0 Å². The van der Waals surface area contributed by atoms with E-state index in [1.807, 2.05) is 0 Å². The van der Waals surface area contributed by atoms with Crippen molar-refractivity contribution in [2.24, 2.45) is 29.1 Å². The molecular weight excluding hydrogens is 156 g/mol. The monoisotopic (exact) mass is 184 g/mol. The van der Waals surface area contributed by atoms with Crippen molar-refractivity contribution in [3.63, 3.8) is 0 Å². The van der Waals surface area contributed by atoms with E-state index in [0.717, 1.165) is 23.7 Å². The first-order valence-corrected chi connectivity index (χ1v) is 5.68. The van der Waals surface area contributed by atoms with Gasteiger partial charge in [0.1, 0.15) is 0 Å². The van der Waals surface area contributed by atoms with Crippen molar-refractivity contribution in [1.29, 1.82) is 0 Å². The first-order valence-electron chi connectivity index (χ1n) is 5.68. The van der Waals surface area contributed by atoms with Gasteiger partial charge in [-0.3, -0.25) is 0 Å². The molecular formula is C13H28. The first kappa shape index (κ1) is 13.0. The number of hydrogen-bond acceptors (Lipinski definition) is 0. The zero-order valence-electron chi connectivity index (χ0n) is 10.8. The van der Waals surface area contributed by atoms with Crippen LogP contribution in [0.1, 0.15) is 55.4 Å². The molecule has 0 nitrogen and oxygen atoms in total. The van der Waals surface area contributed by atoms with Gasteiger partial charge in [-0.25, -0.2) is 0 Å². The molecule has 0 saturated carbocycles. The summed E-state index contributed by atoms with van der Waals surface area (Å²) in [4.78, 5) is 0. The standard InChI is InChI=1S/C13H28/c1-9(2)11(5)12(10(3)4)13(6,7)8/h9-12H,1-8H3. The van der Waals surface area contributed by atoms with Gasteiger partial charge in [-0.2, -0.15) is 0 Å². The normalized spacial score (nSPS) is 18.0. The lowest BCUT2D eigenvalue weighted by Crippen LogP contribution is -2.33. The highest BCUT2D eigenvalue weighted by Gasteiger charge is 2.33. The summed E-state index contributed by atoms with van der Waals surface area (Å²) in [5.74, 6) is 3.23. The summed E-state index contributed by atoms with van der Waals surface area (Å²) < 4.78 is 0. The third kappa shape index (κ3) is 3.70. The summed E-state index contributed by atoms with van der Waals surface area (Å²) in [6.07, 6.45) is 0. The molecule has 2 atom stereocenters. The summed E-state index contributed by atoms with van der Waals surface area (Å²) in [6, 6.07) is 0. The quantitative estimate of drug-likeness (QED) is 0.601. The first-order chi connectivity index (χ1) is 5.68. The molecule has 0 aromatic rings. The Labute approximate surface area is 85.1 Å². The zero-order chi connectivity index (χ0) is 10.8. The van der Waals surface area contributed by atoms with Crippen molar-refractivity contribution in [2.45, 2.75) is 55.4 Å². The molecule has 0 aromatic carbocycles. The van der Waals surface area contributed by atoms with Gasteiger partial charge in [0.2, 0.25) is 0 Å². The lowest BCUT2D eigenvalue weighted by molar-refractivity contribution is 0.0876. The van der Waals surface area contributed by atoms with Gasteiger partial charge >= 0.3 is 0 Å². The second-order valence-corrected chi connectivity index (χ2v) is 6.24. The van der Waals surface area contributed by atoms with E-state index >= 15 is 0 Å². The minimum absolute atomic E-state index is 0.442. The molecule has 0 heterocycles. The van der Waals surface area contributed by atoms with Crippen LogP contribution in [0, 0.1) is 29.1 Å². The Balaban J connectivity index is 4.62. The van der Waals surface area contributed by atoms with E-state index in [1.54, 1.807) is 0 Å². The van der Waals surface area contributed by atoms with Crippen LogP contribution in [0.2, 0.25) is 0 Å². The van der Waals surface area contributed by atoms with Crippen LogP contribution in [0.25, 0.3) is 0 Å². The maximum absolute atomic E-state index is 2.40. The molecule has 0 heteroatoms. The van der Waals surface area contributed by atoms with Crippen LogP contribution in [0.5, 0.6) is 0 Å². The molecule has 0 fully saturated rings. The number of rotatable bonds is 3. The topological polar surface area (TPSA) is 0 Å². The summed E-state index contributed by atoms with van der Waals surface area (Å²) in [7, 11) is 0. The Kier molecular flexibility index (Phi) is 4.48. The molecule has 0 aliphatic rings. The molecule has 80 valence electrons. The van der Waals surface area contributed by atoms with Gasteiger partial charge in [0.15, 0.2) is 0 Å². The molecule has 0 spiro atoms. The number of hydrogen-bond donors (Lipinski definition) is 0. The molecule has 13 heavy (non-hydrogen) atoms. The van der Waals surface area contributed by atoms with E-state index in [4.69, 9.17) is 0 Å². The molecule has 0 radical (unpaired) electrons. The Morgan fingerprint density at radius 3 is 1.15 bits per heavy atom. The maximum atomic E-state index is 2.40. The smallest absolute Gasteiger partial charge is 0.0314 e. The minimum Gasteiger partial charge on any atom is -0.0625 e. The van der Waals surface area contributed by atoms with Crippen molar-refractivity contribution in [3.05, 3.63) is 0 Å². The molecule has 0 aliphatic carbocycles. The van der Waals surface area contributed by atoms with Crippen LogP contribution in [-0.2, 0) is 0 Å². The second-order valence-electron chi connectivity index (χ2n) is 6.24. The van der Waals surface area contributed by atoms with E-state index < -0.39 is 0 Å². The highest BCUT2D eigenvalue weighted by Crippen LogP contribution is 2.40. The Bertz CT molecular complexity index is 137. The third-order valence-electron chi connectivity index (χ3n) is 3.34. The van der Waals surface area contributed by atoms with Crippen molar-refractivity contribution >= 4 is 0 Å². The molecule has 0 aliphatic heterocycles. The second kappa shape index (κ2) is 4.48. The van der Waals surface area contributed by atoms with Gasteiger partial charge in [-0.15, -0.1) is 0 Å². The molecule has 0 aromatic heterocycles. The molecule has 0 amide bonds. The van der Waals surface area contributed by atoms with Gasteiger partial charge < -0.3 is 0 Å². The van der Waals surface area contributed by atoms with Crippen LogP contribution in [-0.4, -0.2) is 0 Å². The Hall–Kier alpha value is 0. The predicted octanol–water partition coefficient (Wildman–Crippen LogP) is 4.60. The van der Waals surface area contributed by atoms with E-state index in [0.29, 0.717) is 5.41 Å². The fourth-order valence-corrected chi connectivity index (χ4v) is 2.81. The fourth-order valence-electron chi connectivity index (χ4n) is 2.81. The summed E-state index contributed by atoms with van der Waals surface area (Å²) in [5.41, 5.74) is 0.442. The highest BCUT2D eigenvalue weighted by atomic mass is 14.4. The van der Waals surface area contributed by atoms with Crippen LogP contribution >= 0.6 is 0 Å². The van der Waals surface area contributed by atoms with Gasteiger partial charge in [0, 0.05) is 0 Å². The summed E-state index contributed by atoms with van der Waals surface area (Å²) >= 11 is 0. The Morgan fingerprint density at radius 2 is 1.08 bits per heavy atom. The fraction of sp³-hybridized carbons (Fsp3) is 1.00. The predicted molar refractivity (Wildman–Crippen MR) is 61.8 cm³/mol. The Morgan fingerprint density at radius 1 is 0.692 bits per heavy atom. The van der Waals surface area contributed by atoms with Gasteiger partial charge in [0.05, 0.1) is 0 Å². The van der Waals surface area contributed by atoms with Crippen molar-refractivity contribution in [3.8, 4) is 0 Å².